The number of nitrogens with zero attached hydrogens (tertiary/aromatic N) is 3. The maximum Gasteiger partial charge on any atom is 0.254 e. The zero-order chi connectivity index (χ0) is 18.3. The van der Waals surface area contributed by atoms with Crippen LogP contribution in [-0.4, -0.2) is 40.5 Å². The van der Waals surface area contributed by atoms with Crippen molar-refractivity contribution in [3.05, 3.63) is 58.9 Å². The van der Waals surface area contributed by atoms with E-state index in [1.54, 1.807) is 0 Å². The molecule has 0 radical (unpaired) electrons. The van der Waals surface area contributed by atoms with Crippen LogP contribution in [0.3, 0.4) is 0 Å². The van der Waals surface area contributed by atoms with E-state index in [2.05, 4.69) is 9.97 Å². The normalized spacial score (nSPS) is 17.7. The zero-order valence-electron chi connectivity index (χ0n) is 15.2. The molecule has 0 spiro atoms. The van der Waals surface area contributed by atoms with Gasteiger partial charge in [0.25, 0.3) is 5.91 Å². The van der Waals surface area contributed by atoms with E-state index in [0.29, 0.717) is 31.1 Å². The molecule has 134 valence electrons. The van der Waals surface area contributed by atoms with Crippen LogP contribution in [0.2, 0.25) is 0 Å². The van der Waals surface area contributed by atoms with Crippen molar-refractivity contribution < 1.29 is 13.9 Å². The molecule has 0 saturated carbocycles. The molecule has 2 aromatic heterocycles. The first-order valence-electron chi connectivity index (χ1n) is 8.73. The molecular formula is C20H21N3O3. The Morgan fingerprint density at radius 2 is 1.88 bits per heavy atom. The van der Waals surface area contributed by atoms with Crippen LogP contribution in [-0.2, 0) is 4.74 Å². The molecule has 26 heavy (non-hydrogen) atoms. The molecule has 0 bridgehead atoms. The summed E-state index contributed by atoms with van der Waals surface area (Å²) < 4.78 is 11.4. The quantitative estimate of drug-likeness (QED) is 0.708. The minimum atomic E-state index is -0.300. The SMILES string of the molecule is Cc1cc(C)nc([C@@H]2CN(C(=O)c3ccc4oc(C)cc4c3)CCO2)n1. The Morgan fingerprint density at radius 1 is 1.12 bits per heavy atom. The molecule has 4 rings (SSSR count). The van der Waals surface area contributed by atoms with Crippen LogP contribution < -0.4 is 0 Å². The second-order valence-corrected chi connectivity index (χ2v) is 6.73. The molecule has 1 aliphatic heterocycles. The van der Waals surface area contributed by atoms with Crippen LogP contribution in [0, 0.1) is 20.8 Å². The number of hydrogen-bond acceptors (Lipinski definition) is 5. The number of aromatic nitrogens is 2. The monoisotopic (exact) mass is 351 g/mol. The molecule has 0 aliphatic carbocycles. The molecule has 1 saturated heterocycles. The van der Waals surface area contributed by atoms with Gasteiger partial charge >= 0.3 is 0 Å². The van der Waals surface area contributed by atoms with Gasteiger partial charge in [-0.1, -0.05) is 0 Å². The number of morpholine rings is 1. The third kappa shape index (κ3) is 3.20. The first-order chi connectivity index (χ1) is 12.5. The van der Waals surface area contributed by atoms with Crippen LogP contribution in [0.15, 0.2) is 34.7 Å². The smallest absolute Gasteiger partial charge is 0.254 e. The second kappa shape index (κ2) is 6.53. The van der Waals surface area contributed by atoms with Crippen molar-refractivity contribution >= 4 is 16.9 Å². The molecule has 1 atom stereocenters. The molecule has 3 aromatic rings. The summed E-state index contributed by atoms with van der Waals surface area (Å²) in [6.07, 6.45) is -0.300. The summed E-state index contributed by atoms with van der Waals surface area (Å²) in [6.45, 7) is 7.25. The summed E-state index contributed by atoms with van der Waals surface area (Å²) in [5.74, 6) is 1.47. The number of furan rings is 1. The van der Waals surface area contributed by atoms with Gasteiger partial charge in [0.2, 0.25) is 0 Å². The molecule has 6 heteroatoms. The van der Waals surface area contributed by atoms with E-state index in [1.165, 1.54) is 0 Å². The van der Waals surface area contributed by atoms with Crippen molar-refractivity contribution in [1.29, 1.82) is 0 Å². The molecule has 1 aliphatic rings. The van der Waals surface area contributed by atoms with Gasteiger partial charge in [-0.25, -0.2) is 9.97 Å². The van der Waals surface area contributed by atoms with E-state index < -0.39 is 0 Å². The lowest BCUT2D eigenvalue weighted by atomic mass is 10.1. The van der Waals surface area contributed by atoms with Crippen molar-refractivity contribution in [2.75, 3.05) is 19.7 Å². The van der Waals surface area contributed by atoms with Crippen LogP contribution in [0.25, 0.3) is 11.0 Å². The zero-order valence-corrected chi connectivity index (χ0v) is 15.2. The summed E-state index contributed by atoms with van der Waals surface area (Å²) in [5.41, 5.74) is 3.25. The van der Waals surface area contributed by atoms with Gasteiger partial charge in [0.15, 0.2) is 5.82 Å². The van der Waals surface area contributed by atoms with E-state index in [9.17, 15) is 4.79 Å². The standard InChI is InChI=1S/C20H21N3O3/c1-12-8-13(2)22-19(21-12)18-11-23(6-7-25-18)20(24)15-4-5-17-16(10-15)9-14(3)26-17/h4-5,8-10,18H,6-7,11H2,1-3H3/t18-/m0/s1. The Labute approximate surface area is 151 Å². The van der Waals surface area contributed by atoms with E-state index >= 15 is 0 Å². The highest BCUT2D eigenvalue weighted by Crippen LogP contribution is 2.24. The topological polar surface area (TPSA) is 68.5 Å². The minimum absolute atomic E-state index is 0.0107. The van der Waals surface area contributed by atoms with Gasteiger partial charge in [-0.2, -0.15) is 0 Å². The lowest BCUT2D eigenvalue weighted by Crippen LogP contribution is -2.42. The number of ether oxygens (including phenoxy) is 1. The number of aryl methyl sites for hydroxylation is 3. The van der Waals surface area contributed by atoms with E-state index in [1.807, 2.05) is 56.0 Å². The summed E-state index contributed by atoms with van der Waals surface area (Å²) >= 11 is 0. The van der Waals surface area contributed by atoms with Crippen molar-refractivity contribution in [3.63, 3.8) is 0 Å². The third-order valence-electron chi connectivity index (χ3n) is 4.53. The summed E-state index contributed by atoms with van der Waals surface area (Å²) in [6, 6.07) is 9.41. The Bertz CT molecular complexity index is 959. The van der Waals surface area contributed by atoms with Crippen LogP contribution in [0.5, 0.6) is 0 Å². The second-order valence-electron chi connectivity index (χ2n) is 6.73. The highest BCUT2D eigenvalue weighted by atomic mass is 16.5. The summed E-state index contributed by atoms with van der Waals surface area (Å²) in [5, 5.41) is 0.941. The lowest BCUT2D eigenvalue weighted by molar-refractivity contribution is -0.0269. The molecule has 3 heterocycles. The predicted octanol–water partition coefficient (Wildman–Crippen LogP) is 3.36. The van der Waals surface area contributed by atoms with E-state index in [4.69, 9.17) is 9.15 Å². The molecule has 0 N–H and O–H groups in total. The number of hydrogen-bond donors (Lipinski definition) is 0. The summed E-state index contributed by atoms with van der Waals surface area (Å²) in [4.78, 5) is 23.7. The minimum Gasteiger partial charge on any atom is -0.461 e. The van der Waals surface area contributed by atoms with Crippen molar-refractivity contribution in [2.45, 2.75) is 26.9 Å². The summed E-state index contributed by atoms with van der Waals surface area (Å²) in [7, 11) is 0. The maximum atomic E-state index is 13.0. The number of carbonyl (C=O) groups excluding carboxylic acids is 1. The highest BCUT2D eigenvalue weighted by molar-refractivity contribution is 5.97. The van der Waals surface area contributed by atoms with Gasteiger partial charge in [-0.15, -0.1) is 0 Å². The Kier molecular flexibility index (Phi) is 4.20. The predicted molar refractivity (Wildman–Crippen MR) is 97.1 cm³/mol. The van der Waals surface area contributed by atoms with Gasteiger partial charge in [0.1, 0.15) is 17.4 Å². The molecular weight excluding hydrogens is 330 g/mol. The molecule has 0 unspecified atom stereocenters. The first-order valence-corrected chi connectivity index (χ1v) is 8.73. The fourth-order valence-corrected chi connectivity index (χ4v) is 3.38. The van der Waals surface area contributed by atoms with Gasteiger partial charge < -0.3 is 14.1 Å². The maximum absolute atomic E-state index is 13.0. The molecule has 6 nitrogen and oxygen atoms in total. The number of fused-ring (bicyclic) bond motifs is 1. The van der Waals surface area contributed by atoms with Crippen molar-refractivity contribution in [1.82, 2.24) is 14.9 Å². The average molecular weight is 351 g/mol. The van der Waals surface area contributed by atoms with Gasteiger partial charge in [-0.3, -0.25) is 4.79 Å². The number of rotatable bonds is 2. The van der Waals surface area contributed by atoms with E-state index in [-0.39, 0.29) is 12.0 Å². The number of carbonyl (C=O) groups is 1. The molecule has 1 aromatic carbocycles. The van der Waals surface area contributed by atoms with Gasteiger partial charge in [0.05, 0.1) is 13.2 Å². The van der Waals surface area contributed by atoms with E-state index in [0.717, 1.165) is 28.1 Å². The highest BCUT2D eigenvalue weighted by Gasteiger charge is 2.28. The van der Waals surface area contributed by atoms with Gasteiger partial charge in [0, 0.05) is 28.9 Å². The lowest BCUT2D eigenvalue weighted by Gasteiger charge is -2.32. The van der Waals surface area contributed by atoms with Gasteiger partial charge in [-0.05, 0) is 51.1 Å². The average Bonchev–Trinajstić information content (AvgIpc) is 2.99. The number of amides is 1. The number of benzene rings is 1. The van der Waals surface area contributed by atoms with Crippen molar-refractivity contribution in [3.8, 4) is 0 Å². The molecule has 1 fully saturated rings. The Morgan fingerprint density at radius 3 is 2.65 bits per heavy atom. The van der Waals surface area contributed by atoms with Crippen LogP contribution >= 0.6 is 0 Å². The molecule has 1 amide bonds. The Hall–Kier alpha value is -2.73. The first kappa shape index (κ1) is 16.7. The third-order valence-corrected chi connectivity index (χ3v) is 4.53. The van der Waals surface area contributed by atoms with Crippen LogP contribution in [0.1, 0.15) is 39.4 Å². The Balaban J connectivity index is 1.57. The largest absolute Gasteiger partial charge is 0.461 e. The van der Waals surface area contributed by atoms with Crippen LogP contribution in [0.4, 0.5) is 0 Å². The fraction of sp³-hybridized carbons (Fsp3) is 0.350. The van der Waals surface area contributed by atoms with Crippen molar-refractivity contribution in [2.24, 2.45) is 0 Å². The fourth-order valence-electron chi connectivity index (χ4n) is 3.38.